The molecule has 2 amide bonds. The van der Waals surface area contributed by atoms with E-state index in [2.05, 4.69) is 21.7 Å². The number of hydrogen-bond acceptors (Lipinski definition) is 4. The molecule has 2 N–H and O–H groups in total. The molecule has 26 heavy (non-hydrogen) atoms. The van der Waals surface area contributed by atoms with Gasteiger partial charge in [0.2, 0.25) is 0 Å². The van der Waals surface area contributed by atoms with Crippen LogP contribution < -0.4 is 10.6 Å². The van der Waals surface area contributed by atoms with Gasteiger partial charge in [0, 0.05) is 29.6 Å². The predicted octanol–water partition coefficient (Wildman–Crippen LogP) is 4.79. The van der Waals surface area contributed by atoms with Crippen molar-refractivity contribution in [2.45, 2.75) is 11.1 Å². The number of imidazole rings is 1. The average Bonchev–Trinajstić information content (AvgIpc) is 3.29. The van der Waals surface area contributed by atoms with Crippen molar-refractivity contribution >= 4 is 52.5 Å². The lowest BCUT2D eigenvalue weighted by atomic mass is 10.2. The third kappa shape index (κ3) is 4.11. The van der Waals surface area contributed by atoms with Gasteiger partial charge in [-0.25, -0.2) is 9.78 Å². The number of carbonyl (C=O) groups excluding carboxylic acids is 1. The molecule has 134 valence electrons. The predicted molar refractivity (Wildman–Crippen MR) is 110 cm³/mol. The van der Waals surface area contributed by atoms with Crippen LogP contribution in [0.15, 0.2) is 48.8 Å². The van der Waals surface area contributed by atoms with E-state index in [1.807, 2.05) is 58.4 Å². The largest absolute Gasteiger partial charge is 0.332 e. The summed E-state index contributed by atoms with van der Waals surface area (Å²) in [5, 5.41) is 6.38. The van der Waals surface area contributed by atoms with Crippen molar-refractivity contribution in [2.24, 2.45) is 0 Å². The number of anilines is 1. The van der Waals surface area contributed by atoms with Crippen molar-refractivity contribution in [1.29, 1.82) is 0 Å². The zero-order chi connectivity index (χ0) is 17.9. The molecule has 5 nitrogen and oxygen atoms in total. The van der Waals surface area contributed by atoms with Crippen molar-refractivity contribution in [3.05, 3.63) is 65.1 Å². The van der Waals surface area contributed by atoms with Gasteiger partial charge in [-0.3, -0.25) is 0 Å². The van der Waals surface area contributed by atoms with Crippen LogP contribution in [-0.4, -0.2) is 26.9 Å². The lowest BCUT2D eigenvalue weighted by Gasteiger charge is -2.11. The Hall–Kier alpha value is -1.83. The molecular weight excluding hydrogens is 388 g/mol. The van der Waals surface area contributed by atoms with Gasteiger partial charge in [-0.2, -0.15) is 0 Å². The number of aromatic nitrogens is 2. The molecule has 1 fully saturated rings. The van der Waals surface area contributed by atoms with E-state index >= 15 is 0 Å². The van der Waals surface area contributed by atoms with E-state index in [0.29, 0.717) is 16.1 Å². The Bertz CT molecular complexity index is 940. The fraction of sp³-hybridized carbons (Fsp3) is 0.222. The molecule has 0 bridgehead atoms. The summed E-state index contributed by atoms with van der Waals surface area (Å²) in [4.78, 5) is 16.7. The average molecular weight is 405 g/mol. The highest BCUT2D eigenvalue weighted by Crippen LogP contribution is 2.45. The first kappa shape index (κ1) is 17.6. The number of halogens is 1. The van der Waals surface area contributed by atoms with E-state index in [4.69, 9.17) is 11.6 Å². The molecule has 0 aliphatic carbocycles. The third-order valence-corrected chi connectivity index (χ3v) is 7.26. The number of rotatable bonds is 4. The summed E-state index contributed by atoms with van der Waals surface area (Å²) >= 11 is 9.87. The molecule has 0 atom stereocenters. The second kappa shape index (κ2) is 7.82. The number of benzene rings is 1. The Kier molecular flexibility index (Phi) is 5.28. The maximum absolute atomic E-state index is 12.2. The number of hydrogen-bond donors (Lipinski definition) is 2. The van der Waals surface area contributed by atoms with Gasteiger partial charge in [-0.05, 0) is 29.8 Å². The third-order valence-electron chi connectivity index (χ3n) is 3.93. The zero-order valence-electron chi connectivity index (χ0n) is 13.8. The normalized spacial score (nSPS) is 14.7. The van der Waals surface area contributed by atoms with Crippen LogP contribution in [0.25, 0.3) is 5.65 Å². The highest BCUT2D eigenvalue weighted by atomic mass is 35.5. The van der Waals surface area contributed by atoms with Crippen molar-refractivity contribution in [3.8, 4) is 0 Å². The van der Waals surface area contributed by atoms with E-state index in [1.165, 1.54) is 17.1 Å². The van der Waals surface area contributed by atoms with Crippen LogP contribution in [-0.2, 0) is 6.54 Å². The van der Waals surface area contributed by atoms with E-state index < -0.39 is 0 Å². The van der Waals surface area contributed by atoms with Gasteiger partial charge in [-0.15, -0.1) is 23.5 Å². The molecule has 4 rings (SSSR count). The van der Waals surface area contributed by atoms with E-state index in [9.17, 15) is 4.79 Å². The SMILES string of the molecule is O=C(NCc1cn2cc(Cl)ccc2n1)Nc1cccc(C2SCCS2)c1. The van der Waals surface area contributed by atoms with Gasteiger partial charge in [0.05, 0.1) is 21.8 Å². The Labute approximate surface area is 164 Å². The Morgan fingerprint density at radius 1 is 1.23 bits per heavy atom. The quantitative estimate of drug-likeness (QED) is 0.656. The fourth-order valence-electron chi connectivity index (χ4n) is 2.76. The van der Waals surface area contributed by atoms with Crippen molar-refractivity contribution in [2.75, 3.05) is 16.8 Å². The lowest BCUT2D eigenvalue weighted by Crippen LogP contribution is -2.28. The summed E-state index contributed by atoms with van der Waals surface area (Å²) in [5.41, 5.74) is 3.61. The summed E-state index contributed by atoms with van der Waals surface area (Å²) in [6, 6.07) is 11.4. The van der Waals surface area contributed by atoms with Crippen LogP contribution in [0.3, 0.4) is 0 Å². The number of carbonyl (C=O) groups is 1. The van der Waals surface area contributed by atoms with Gasteiger partial charge in [0.15, 0.2) is 0 Å². The molecule has 8 heteroatoms. The molecule has 0 spiro atoms. The molecule has 1 saturated heterocycles. The lowest BCUT2D eigenvalue weighted by molar-refractivity contribution is 0.251. The van der Waals surface area contributed by atoms with Crippen LogP contribution in [0.2, 0.25) is 5.02 Å². The zero-order valence-corrected chi connectivity index (χ0v) is 16.2. The van der Waals surface area contributed by atoms with Crippen LogP contribution in [0.4, 0.5) is 10.5 Å². The number of pyridine rings is 1. The molecule has 2 aromatic heterocycles. The molecule has 1 aliphatic heterocycles. The van der Waals surface area contributed by atoms with Gasteiger partial charge < -0.3 is 15.0 Å². The number of nitrogens with one attached hydrogen (secondary N) is 2. The maximum Gasteiger partial charge on any atom is 0.319 e. The first-order valence-corrected chi connectivity index (χ1v) is 10.7. The Balaban J connectivity index is 1.36. The van der Waals surface area contributed by atoms with Gasteiger partial charge in [-0.1, -0.05) is 23.7 Å². The van der Waals surface area contributed by atoms with Crippen molar-refractivity contribution in [1.82, 2.24) is 14.7 Å². The van der Waals surface area contributed by atoms with Crippen LogP contribution in [0, 0.1) is 0 Å². The van der Waals surface area contributed by atoms with Gasteiger partial charge in [0.25, 0.3) is 0 Å². The molecule has 3 aromatic rings. The highest BCUT2D eigenvalue weighted by molar-refractivity contribution is 8.19. The maximum atomic E-state index is 12.2. The first-order chi connectivity index (χ1) is 12.7. The standard InChI is InChI=1S/C18H17ClN4OS2/c19-13-4-5-16-21-15(11-23(16)10-13)9-20-18(24)22-14-3-1-2-12(8-14)17-25-6-7-26-17/h1-5,8,10-11,17H,6-7,9H2,(H2,20,22,24). The van der Waals surface area contributed by atoms with Crippen molar-refractivity contribution < 1.29 is 4.79 Å². The molecule has 0 unspecified atom stereocenters. The fourth-order valence-corrected chi connectivity index (χ4v) is 5.77. The Morgan fingerprint density at radius 3 is 2.92 bits per heavy atom. The summed E-state index contributed by atoms with van der Waals surface area (Å²) in [6.07, 6.45) is 3.65. The van der Waals surface area contributed by atoms with E-state index in [0.717, 1.165) is 17.0 Å². The Morgan fingerprint density at radius 2 is 2.08 bits per heavy atom. The topological polar surface area (TPSA) is 58.4 Å². The molecule has 0 radical (unpaired) electrons. The van der Waals surface area contributed by atoms with Crippen LogP contribution in [0.5, 0.6) is 0 Å². The minimum atomic E-state index is -0.246. The number of urea groups is 1. The smallest absolute Gasteiger partial charge is 0.319 e. The van der Waals surface area contributed by atoms with E-state index in [-0.39, 0.29) is 6.03 Å². The highest BCUT2D eigenvalue weighted by Gasteiger charge is 2.18. The van der Waals surface area contributed by atoms with E-state index in [1.54, 1.807) is 12.3 Å². The van der Waals surface area contributed by atoms with Crippen molar-refractivity contribution in [3.63, 3.8) is 0 Å². The van der Waals surface area contributed by atoms with Crippen LogP contribution in [0.1, 0.15) is 15.8 Å². The second-order valence-electron chi connectivity index (χ2n) is 5.85. The number of nitrogens with zero attached hydrogens (tertiary/aromatic N) is 2. The monoisotopic (exact) mass is 404 g/mol. The number of thioether (sulfide) groups is 2. The molecule has 3 heterocycles. The summed E-state index contributed by atoms with van der Waals surface area (Å²) in [6.45, 7) is 0.346. The summed E-state index contributed by atoms with van der Waals surface area (Å²) < 4.78 is 2.31. The second-order valence-corrected chi connectivity index (χ2v) is 9.01. The molecule has 0 saturated carbocycles. The van der Waals surface area contributed by atoms with Gasteiger partial charge in [0.1, 0.15) is 5.65 Å². The minimum absolute atomic E-state index is 0.246. The molecular formula is C18H17ClN4OS2. The van der Waals surface area contributed by atoms with Gasteiger partial charge >= 0.3 is 6.03 Å². The molecule has 1 aromatic carbocycles. The van der Waals surface area contributed by atoms with Crippen LogP contribution >= 0.6 is 35.1 Å². The minimum Gasteiger partial charge on any atom is -0.332 e. The first-order valence-electron chi connectivity index (χ1n) is 8.18. The molecule has 1 aliphatic rings. The summed E-state index contributed by atoms with van der Waals surface area (Å²) in [5.74, 6) is 2.36. The number of amides is 2. The number of fused-ring (bicyclic) bond motifs is 1. The summed E-state index contributed by atoms with van der Waals surface area (Å²) in [7, 11) is 0.